The molecule has 0 saturated carbocycles. The highest BCUT2D eigenvalue weighted by atomic mass is 16.4. The summed E-state index contributed by atoms with van der Waals surface area (Å²) in [4.78, 5) is 38.4. The molecule has 0 aromatic carbocycles. The van der Waals surface area contributed by atoms with E-state index in [1.807, 2.05) is 6.92 Å². The van der Waals surface area contributed by atoms with Crippen LogP contribution in [0.2, 0.25) is 0 Å². The fraction of sp³-hybridized carbons (Fsp3) is 0.786. The van der Waals surface area contributed by atoms with Gasteiger partial charge in [0.15, 0.2) is 0 Å². The van der Waals surface area contributed by atoms with E-state index in [0.29, 0.717) is 32.1 Å². The number of hydrogen-bond acceptors (Lipinski definition) is 3. The van der Waals surface area contributed by atoms with Crippen molar-refractivity contribution in [3.63, 3.8) is 0 Å². The van der Waals surface area contributed by atoms with Gasteiger partial charge in [-0.2, -0.15) is 0 Å². The Bertz CT molecular complexity index is 400. The number of nitrogens with zero attached hydrogens (tertiary/aromatic N) is 2. The third-order valence-corrected chi connectivity index (χ3v) is 3.83. The topological polar surface area (TPSA) is 90.0 Å². The Morgan fingerprint density at radius 2 is 2.14 bits per heavy atom. The van der Waals surface area contributed by atoms with Crippen LogP contribution in [0, 0.1) is 5.92 Å². The summed E-state index contributed by atoms with van der Waals surface area (Å²) in [5.74, 6) is -1.11. The molecule has 120 valence electrons. The van der Waals surface area contributed by atoms with E-state index in [4.69, 9.17) is 5.11 Å². The number of rotatable bonds is 6. The Labute approximate surface area is 125 Å². The number of carbonyl (C=O) groups is 3. The fourth-order valence-corrected chi connectivity index (χ4v) is 2.34. The van der Waals surface area contributed by atoms with E-state index >= 15 is 0 Å². The Morgan fingerprint density at radius 1 is 1.48 bits per heavy atom. The van der Waals surface area contributed by atoms with E-state index in [1.54, 1.807) is 4.90 Å². The number of carbonyl (C=O) groups excluding carboxylic acids is 2. The van der Waals surface area contributed by atoms with Crippen LogP contribution in [0.5, 0.6) is 0 Å². The molecule has 2 N–H and O–H groups in total. The standard InChI is InChI=1S/C14H25N3O4/c1-4-10(3)9-16(5-2)14(21)17-7-6-15-13(20)11(17)8-12(18)19/h10-11H,4-9H2,1-3H3,(H,15,20)(H,18,19). The second-order valence-corrected chi connectivity index (χ2v) is 5.43. The first-order valence-electron chi connectivity index (χ1n) is 7.45. The summed E-state index contributed by atoms with van der Waals surface area (Å²) in [6, 6.07) is -1.17. The molecule has 0 spiro atoms. The predicted molar refractivity (Wildman–Crippen MR) is 77.9 cm³/mol. The molecule has 1 fully saturated rings. The van der Waals surface area contributed by atoms with Crippen LogP contribution in [0.3, 0.4) is 0 Å². The number of carboxylic acids is 1. The first-order chi connectivity index (χ1) is 9.90. The quantitative estimate of drug-likeness (QED) is 0.757. The minimum absolute atomic E-state index is 0.251. The molecule has 0 aromatic rings. The molecule has 1 saturated heterocycles. The summed E-state index contributed by atoms with van der Waals surface area (Å²) >= 11 is 0. The second kappa shape index (κ2) is 7.85. The first kappa shape index (κ1) is 17.3. The van der Waals surface area contributed by atoms with Gasteiger partial charge in [-0.05, 0) is 12.8 Å². The fourth-order valence-electron chi connectivity index (χ4n) is 2.34. The molecule has 21 heavy (non-hydrogen) atoms. The minimum atomic E-state index is -1.08. The molecule has 0 radical (unpaired) electrons. The SMILES string of the molecule is CCC(C)CN(CC)C(=O)N1CCNC(=O)C1CC(=O)O. The lowest BCUT2D eigenvalue weighted by Crippen LogP contribution is -2.60. The van der Waals surface area contributed by atoms with Gasteiger partial charge in [0.05, 0.1) is 6.42 Å². The molecule has 7 heteroatoms. The van der Waals surface area contributed by atoms with Gasteiger partial charge in [0.1, 0.15) is 6.04 Å². The van der Waals surface area contributed by atoms with Crippen molar-refractivity contribution in [1.82, 2.24) is 15.1 Å². The van der Waals surface area contributed by atoms with E-state index in [9.17, 15) is 14.4 Å². The molecule has 2 unspecified atom stereocenters. The Balaban J connectivity index is 2.84. The predicted octanol–water partition coefficient (Wildman–Crippen LogP) is 0.750. The van der Waals surface area contributed by atoms with Gasteiger partial charge < -0.3 is 20.2 Å². The highest BCUT2D eigenvalue weighted by Gasteiger charge is 2.36. The van der Waals surface area contributed by atoms with E-state index < -0.39 is 17.9 Å². The summed E-state index contributed by atoms with van der Waals surface area (Å²) < 4.78 is 0. The molecule has 0 bridgehead atoms. The summed E-state index contributed by atoms with van der Waals surface area (Å²) in [5, 5.41) is 11.5. The third-order valence-electron chi connectivity index (χ3n) is 3.83. The molecule has 0 aromatic heterocycles. The maximum Gasteiger partial charge on any atom is 0.320 e. The average molecular weight is 299 g/mol. The van der Waals surface area contributed by atoms with Crippen LogP contribution in [0.4, 0.5) is 4.79 Å². The zero-order valence-corrected chi connectivity index (χ0v) is 13.0. The molecule has 1 aliphatic heterocycles. The number of amides is 3. The van der Waals surface area contributed by atoms with Crippen LogP contribution in [0.1, 0.15) is 33.6 Å². The Kier molecular flexibility index (Phi) is 6.45. The van der Waals surface area contributed by atoms with Crippen molar-refractivity contribution in [2.45, 2.75) is 39.7 Å². The van der Waals surface area contributed by atoms with Crippen LogP contribution in [-0.2, 0) is 9.59 Å². The summed E-state index contributed by atoms with van der Waals surface area (Å²) in [6.07, 6.45) is 0.598. The van der Waals surface area contributed by atoms with Crippen molar-refractivity contribution in [2.24, 2.45) is 5.92 Å². The highest BCUT2D eigenvalue weighted by Crippen LogP contribution is 2.14. The molecule has 7 nitrogen and oxygen atoms in total. The number of piperazine rings is 1. The smallest absolute Gasteiger partial charge is 0.320 e. The maximum absolute atomic E-state index is 12.6. The molecule has 1 aliphatic rings. The first-order valence-corrected chi connectivity index (χ1v) is 7.45. The number of urea groups is 1. The van der Waals surface area contributed by atoms with Crippen molar-refractivity contribution in [3.8, 4) is 0 Å². The van der Waals surface area contributed by atoms with Crippen LogP contribution < -0.4 is 5.32 Å². The van der Waals surface area contributed by atoms with Crippen LogP contribution in [-0.4, -0.2) is 65.0 Å². The molecule has 1 heterocycles. The van der Waals surface area contributed by atoms with E-state index in [0.717, 1.165) is 6.42 Å². The molecule has 2 atom stereocenters. The summed E-state index contributed by atoms with van der Waals surface area (Å²) in [6.45, 7) is 7.88. The second-order valence-electron chi connectivity index (χ2n) is 5.43. The van der Waals surface area contributed by atoms with Crippen molar-refractivity contribution in [2.75, 3.05) is 26.2 Å². The average Bonchev–Trinajstić information content (AvgIpc) is 2.45. The zero-order chi connectivity index (χ0) is 16.0. The number of carboxylic acid groups (broad SMARTS) is 1. The van der Waals surface area contributed by atoms with Crippen LogP contribution >= 0.6 is 0 Å². The summed E-state index contributed by atoms with van der Waals surface area (Å²) in [7, 11) is 0. The Hall–Kier alpha value is -1.79. The number of aliphatic carboxylic acids is 1. The van der Waals surface area contributed by atoms with E-state index in [-0.39, 0.29) is 12.5 Å². The largest absolute Gasteiger partial charge is 0.481 e. The highest BCUT2D eigenvalue weighted by molar-refractivity contribution is 5.91. The Morgan fingerprint density at radius 3 is 2.67 bits per heavy atom. The third kappa shape index (κ3) is 4.61. The van der Waals surface area contributed by atoms with Gasteiger partial charge in [-0.1, -0.05) is 20.3 Å². The van der Waals surface area contributed by atoms with Gasteiger partial charge in [-0.3, -0.25) is 9.59 Å². The van der Waals surface area contributed by atoms with Crippen molar-refractivity contribution in [3.05, 3.63) is 0 Å². The van der Waals surface area contributed by atoms with E-state index in [1.165, 1.54) is 4.90 Å². The van der Waals surface area contributed by atoms with Crippen LogP contribution in [0.25, 0.3) is 0 Å². The van der Waals surface area contributed by atoms with Gasteiger partial charge in [0.25, 0.3) is 0 Å². The van der Waals surface area contributed by atoms with Crippen molar-refractivity contribution in [1.29, 1.82) is 0 Å². The van der Waals surface area contributed by atoms with Gasteiger partial charge in [-0.15, -0.1) is 0 Å². The monoisotopic (exact) mass is 299 g/mol. The lowest BCUT2D eigenvalue weighted by atomic mass is 10.1. The van der Waals surface area contributed by atoms with Gasteiger partial charge in [0.2, 0.25) is 5.91 Å². The molecule has 1 rings (SSSR count). The normalized spacial score (nSPS) is 19.9. The van der Waals surface area contributed by atoms with Crippen LogP contribution in [0.15, 0.2) is 0 Å². The van der Waals surface area contributed by atoms with Crippen molar-refractivity contribution < 1.29 is 19.5 Å². The van der Waals surface area contributed by atoms with Gasteiger partial charge in [-0.25, -0.2) is 4.79 Å². The van der Waals surface area contributed by atoms with Crippen molar-refractivity contribution >= 4 is 17.9 Å². The van der Waals surface area contributed by atoms with E-state index in [2.05, 4.69) is 19.2 Å². The molecule has 3 amide bonds. The molecular formula is C14H25N3O4. The zero-order valence-electron chi connectivity index (χ0n) is 13.0. The minimum Gasteiger partial charge on any atom is -0.481 e. The number of hydrogen-bond donors (Lipinski definition) is 2. The lowest BCUT2D eigenvalue weighted by Gasteiger charge is -2.38. The van der Waals surface area contributed by atoms with Gasteiger partial charge in [0, 0.05) is 26.2 Å². The summed E-state index contributed by atoms with van der Waals surface area (Å²) in [5.41, 5.74) is 0. The van der Waals surface area contributed by atoms with Gasteiger partial charge >= 0.3 is 12.0 Å². The number of nitrogens with one attached hydrogen (secondary N) is 1. The molecular weight excluding hydrogens is 274 g/mol. The molecule has 0 aliphatic carbocycles. The maximum atomic E-state index is 12.6. The lowest BCUT2D eigenvalue weighted by molar-refractivity contribution is -0.142.